The highest BCUT2D eigenvalue weighted by Gasteiger charge is 2.22. The average Bonchev–Trinajstić information content (AvgIpc) is 3.13. The van der Waals surface area contributed by atoms with Gasteiger partial charge in [0.05, 0.1) is 4.90 Å². The van der Waals surface area contributed by atoms with Gasteiger partial charge in [-0.15, -0.1) is 0 Å². The van der Waals surface area contributed by atoms with Crippen LogP contribution in [0, 0.1) is 5.92 Å². The molecule has 2 N–H and O–H groups in total. The molecule has 2 rings (SSSR count). The van der Waals surface area contributed by atoms with Crippen molar-refractivity contribution < 1.29 is 18.0 Å². The van der Waals surface area contributed by atoms with E-state index in [1.54, 1.807) is 13.8 Å². The average molecular weight is 379 g/mol. The largest absolute Gasteiger partial charge is 0.273 e. The lowest BCUT2D eigenvalue weighted by molar-refractivity contribution is -0.122. The van der Waals surface area contributed by atoms with Gasteiger partial charge >= 0.3 is 0 Å². The Kier molecular flexibility index (Phi) is 6.93. The van der Waals surface area contributed by atoms with Gasteiger partial charge in [0.15, 0.2) is 0 Å². The van der Waals surface area contributed by atoms with E-state index in [4.69, 9.17) is 0 Å². The smallest absolute Gasteiger partial charge is 0.269 e. The van der Waals surface area contributed by atoms with Crippen LogP contribution in [-0.2, 0) is 14.8 Å². The summed E-state index contributed by atoms with van der Waals surface area (Å²) in [7, 11) is -3.65. The predicted octanol–water partition coefficient (Wildman–Crippen LogP) is 1.83. The van der Waals surface area contributed by atoms with Crippen molar-refractivity contribution in [1.29, 1.82) is 0 Å². The Labute approximate surface area is 154 Å². The van der Waals surface area contributed by atoms with Crippen LogP contribution in [0.15, 0.2) is 41.3 Å². The van der Waals surface area contributed by atoms with E-state index in [-0.39, 0.29) is 22.3 Å². The van der Waals surface area contributed by atoms with Crippen molar-refractivity contribution in [3.63, 3.8) is 0 Å². The van der Waals surface area contributed by atoms with Crippen LogP contribution in [0.1, 0.15) is 43.5 Å². The van der Waals surface area contributed by atoms with Crippen molar-refractivity contribution in [2.45, 2.75) is 38.0 Å². The van der Waals surface area contributed by atoms with Crippen molar-refractivity contribution in [3.8, 4) is 0 Å². The number of hydrazine groups is 1. The molecule has 142 valence electrons. The van der Waals surface area contributed by atoms with Crippen molar-refractivity contribution >= 4 is 21.8 Å². The summed E-state index contributed by atoms with van der Waals surface area (Å²) >= 11 is 0. The Morgan fingerprint density at radius 2 is 1.92 bits per heavy atom. The topological polar surface area (TPSA) is 95.6 Å². The first-order valence-corrected chi connectivity index (χ1v) is 10.2. The van der Waals surface area contributed by atoms with Crippen LogP contribution < -0.4 is 10.9 Å². The van der Waals surface area contributed by atoms with Crippen LogP contribution >= 0.6 is 0 Å². The monoisotopic (exact) mass is 379 g/mol. The molecule has 0 saturated carbocycles. The molecule has 0 heterocycles. The van der Waals surface area contributed by atoms with Crippen LogP contribution in [0.4, 0.5) is 0 Å². The summed E-state index contributed by atoms with van der Waals surface area (Å²) in [6.07, 6.45) is 6.26. The fraction of sp³-hybridized carbons (Fsp3) is 0.444. The zero-order valence-corrected chi connectivity index (χ0v) is 15.9. The van der Waals surface area contributed by atoms with E-state index in [0.717, 1.165) is 12.8 Å². The molecular formula is C18H25N3O4S. The number of sulfonamides is 1. The standard InChI is InChI=1S/C18H25N3O4S/c1-3-21(4-2)26(24,25)16-11-7-10-15(13-16)18(23)20-19-17(22)12-14-8-5-6-9-14/h5,7-8,10-11,13-14H,3-4,6,9,12H2,1-2H3,(H,19,22)(H,20,23). The summed E-state index contributed by atoms with van der Waals surface area (Å²) in [4.78, 5) is 24.1. The minimum absolute atomic E-state index is 0.0521. The molecule has 1 unspecified atom stereocenters. The highest BCUT2D eigenvalue weighted by molar-refractivity contribution is 7.89. The number of allylic oxidation sites excluding steroid dienone is 2. The summed E-state index contributed by atoms with van der Waals surface area (Å²) in [6.45, 7) is 4.21. The first-order valence-electron chi connectivity index (χ1n) is 8.74. The molecule has 1 aromatic carbocycles. The van der Waals surface area contributed by atoms with Gasteiger partial charge in [0.2, 0.25) is 15.9 Å². The molecule has 0 aromatic heterocycles. The minimum Gasteiger partial charge on any atom is -0.273 e. The molecule has 8 heteroatoms. The van der Waals surface area contributed by atoms with E-state index in [2.05, 4.69) is 10.9 Å². The van der Waals surface area contributed by atoms with E-state index in [0.29, 0.717) is 19.5 Å². The molecule has 0 saturated heterocycles. The zero-order chi connectivity index (χ0) is 19.2. The highest BCUT2D eigenvalue weighted by atomic mass is 32.2. The Balaban J connectivity index is 2.01. The Bertz CT molecular complexity index is 785. The third-order valence-corrected chi connectivity index (χ3v) is 6.36. The van der Waals surface area contributed by atoms with Gasteiger partial charge in [0.25, 0.3) is 5.91 Å². The summed E-state index contributed by atoms with van der Waals surface area (Å²) in [5, 5.41) is 0. The SMILES string of the molecule is CCN(CC)S(=O)(=O)c1cccc(C(=O)NNC(=O)CC2C=CCC2)c1. The molecule has 0 radical (unpaired) electrons. The summed E-state index contributed by atoms with van der Waals surface area (Å²) < 4.78 is 26.4. The molecule has 0 spiro atoms. The van der Waals surface area contributed by atoms with Gasteiger partial charge in [-0.1, -0.05) is 32.1 Å². The van der Waals surface area contributed by atoms with Crippen molar-refractivity contribution in [1.82, 2.24) is 15.2 Å². The summed E-state index contributed by atoms with van der Waals surface area (Å²) in [5.74, 6) is -0.631. The first-order chi connectivity index (χ1) is 12.4. The fourth-order valence-electron chi connectivity index (χ4n) is 2.86. The lowest BCUT2D eigenvalue weighted by atomic mass is 10.1. The third kappa shape index (κ3) is 4.92. The number of hydrogen-bond acceptors (Lipinski definition) is 4. The second-order valence-corrected chi connectivity index (χ2v) is 8.03. The zero-order valence-electron chi connectivity index (χ0n) is 15.1. The molecule has 1 aromatic rings. The Morgan fingerprint density at radius 1 is 1.19 bits per heavy atom. The lowest BCUT2D eigenvalue weighted by Crippen LogP contribution is -2.42. The number of benzene rings is 1. The van der Waals surface area contributed by atoms with E-state index in [1.165, 1.54) is 28.6 Å². The maximum absolute atomic E-state index is 12.5. The quantitative estimate of drug-likeness (QED) is 0.558. The second kappa shape index (κ2) is 8.95. The van der Waals surface area contributed by atoms with Gasteiger partial charge < -0.3 is 0 Å². The van der Waals surface area contributed by atoms with Crippen LogP contribution in [0.3, 0.4) is 0 Å². The number of hydrogen-bond donors (Lipinski definition) is 2. The summed E-state index contributed by atoms with van der Waals surface area (Å²) in [5.41, 5.74) is 4.88. The van der Waals surface area contributed by atoms with Gasteiger partial charge in [0, 0.05) is 25.1 Å². The molecule has 1 atom stereocenters. The van der Waals surface area contributed by atoms with Crippen LogP contribution in [0.5, 0.6) is 0 Å². The second-order valence-electron chi connectivity index (χ2n) is 6.09. The van der Waals surface area contributed by atoms with Crippen molar-refractivity contribution in [2.75, 3.05) is 13.1 Å². The minimum atomic E-state index is -3.65. The van der Waals surface area contributed by atoms with Gasteiger partial charge in [-0.25, -0.2) is 8.42 Å². The number of rotatable bonds is 7. The fourth-order valence-corrected chi connectivity index (χ4v) is 4.37. The molecule has 7 nitrogen and oxygen atoms in total. The first kappa shape index (κ1) is 20.1. The number of carbonyl (C=O) groups is 2. The van der Waals surface area contributed by atoms with Crippen molar-refractivity contribution in [2.24, 2.45) is 5.92 Å². The Hall–Kier alpha value is -2.19. The Morgan fingerprint density at radius 3 is 2.54 bits per heavy atom. The molecular weight excluding hydrogens is 354 g/mol. The van der Waals surface area contributed by atoms with E-state index < -0.39 is 15.9 Å². The maximum Gasteiger partial charge on any atom is 0.269 e. The van der Waals surface area contributed by atoms with Crippen molar-refractivity contribution in [3.05, 3.63) is 42.0 Å². The predicted molar refractivity (Wildman–Crippen MR) is 98.6 cm³/mol. The summed E-state index contributed by atoms with van der Waals surface area (Å²) in [6, 6.07) is 5.78. The third-order valence-electron chi connectivity index (χ3n) is 4.31. The number of nitrogens with zero attached hydrogens (tertiary/aromatic N) is 1. The number of amides is 2. The normalized spacial score (nSPS) is 16.7. The number of carbonyl (C=O) groups excluding carboxylic acids is 2. The van der Waals surface area contributed by atoms with Crippen LogP contribution in [0.2, 0.25) is 0 Å². The van der Waals surface area contributed by atoms with Gasteiger partial charge in [0.1, 0.15) is 0 Å². The molecule has 1 aliphatic carbocycles. The van der Waals surface area contributed by atoms with E-state index in [9.17, 15) is 18.0 Å². The van der Waals surface area contributed by atoms with Gasteiger partial charge in [-0.2, -0.15) is 4.31 Å². The van der Waals surface area contributed by atoms with E-state index in [1.807, 2.05) is 12.2 Å². The molecule has 2 amide bonds. The van der Waals surface area contributed by atoms with Gasteiger partial charge in [-0.3, -0.25) is 20.4 Å². The number of nitrogens with one attached hydrogen (secondary N) is 2. The molecule has 1 aliphatic rings. The molecule has 0 bridgehead atoms. The maximum atomic E-state index is 12.5. The lowest BCUT2D eigenvalue weighted by Gasteiger charge is -2.18. The van der Waals surface area contributed by atoms with Gasteiger partial charge in [-0.05, 0) is 37.0 Å². The highest BCUT2D eigenvalue weighted by Crippen LogP contribution is 2.20. The van der Waals surface area contributed by atoms with E-state index >= 15 is 0 Å². The van der Waals surface area contributed by atoms with Crippen LogP contribution in [-0.4, -0.2) is 37.6 Å². The van der Waals surface area contributed by atoms with Crippen LogP contribution in [0.25, 0.3) is 0 Å². The molecule has 26 heavy (non-hydrogen) atoms. The molecule has 0 fully saturated rings. The molecule has 0 aliphatic heterocycles.